The van der Waals surface area contributed by atoms with Crippen LogP contribution >= 0.6 is 45.2 Å². The Morgan fingerprint density at radius 2 is 1.50 bits per heavy atom. The van der Waals surface area contributed by atoms with Gasteiger partial charge in [-0.3, -0.25) is 0 Å². The third kappa shape index (κ3) is 5.04. The summed E-state index contributed by atoms with van der Waals surface area (Å²) in [6.07, 6.45) is 0. The zero-order chi connectivity index (χ0) is 19.4. The third-order valence-corrected chi connectivity index (χ3v) is 4.68. The standard InChI is InChI=1S/C18H12I2O6/c1-9(2)17(23)26-15-13(19)7-11(8-14(15)20)18(24)25-12-5-3-10(4-6-12)16(21)22/h3-8H,1H2,2H3,(H,21,22)/p-1. The molecule has 0 N–H and O–H groups in total. The van der Waals surface area contributed by atoms with Gasteiger partial charge in [0.05, 0.1) is 18.7 Å². The van der Waals surface area contributed by atoms with Crippen molar-refractivity contribution in [3.8, 4) is 11.5 Å². The molecule has 2 aromatic rings. The van der Waals surface area contributed by atoms with Gasteiger partial charge in [-0.2, -0.15) is 0 Å². The van der Waals surface area contributed by atoms with Crippen LogP contribution in [0, 0.1) is 7.14 Å². The molecule has 0 unspecified atom stereocenters. The molecule has 8 heteroatoms. The van der Waals surface area contributed by atoms with Crippen LogP contribution in [0.2, 0.25) is 0 Å². The van der Waals surface area contributed by atoms with E-state index in [4.69, 9.17) is 9.47 Å². The molecule has 0 saturated carbocycles. The molecule has 0 radical (unpaired) electrons. The van der Waals surface area contributed by atoms with Crippen molar-refractivity contribution in [2.24, 2.45) is 0 Å². The van der Waals surface area contributed by atoms with Crippen molar-refractivity contribution in [1.82, 2.24) is 0 Å². The first-order chi connectivity index (χ1) is 12.2. The number of carboxylic acids is 1. The predicted molar refractivity (Wildman–Crippen MR) is 108 cm³/mol. The van der Waals surface area contributed by atoms with Crippen LogP contribution in [0.4, 0.5) is 0 Å². The minimum atomic E-state index is -1.31. The van der Waals surface area contributed by atoms with Gasteiger partial charge in [-0.15, -0.1) is 0 Å². The summed E-state index contributed by atoms with van der Waals surface area (Å²) in [7, 11) is 0. The Hall–Kier alpha value is -1.95. The van der Waals surface area contributed by atoms with Crippen LogP contribution in [-0.4, -0.2) is 17.9 Å². The molecule has 0 amide bonds. The number of hydrogen-bond acceptors (Lipinski definition) is 6. The van der Waals surface area contributed by atoms with Crippen LogP contribution in [0.1, 0.15) is 27.6 Å². The number of rotatable bonds is 5. The van der Waals surface area contributed by atoms with E-state index in [0.29, 0.717) is 12.9 Å². The van der Waals surface area contributed by atoms with Crippen molar-refractivity contribution in [1.29, 1.82) is 0 Å². The summed E-state index contributed by atoms with van der Waals surface area (Å²) in [6.45, 7) is 5.07. The summed E-state index contributed by atoms with van der Waals surface area (Å²) in [5.74, 6) is -1.95. The first-order valence-electron chi connectivity index (χ1n) is 7.09. The number of halogens is 2. The van der Waals surface area contributed by atoms with Crippen LogP contribution < -0.4 is 14.6 Å². The molecule has 2 aromatic carbocycles. The molecule has 0 aliphatic carbocycles. The van der Waals surface area contributed by atoms with Crippen LogP contribution in [0.5, 0.6) is 11.5 Å². The van der Waals surface area contributed by atoms with E-state index in [9.17, 15) is 19.5 Å². The molecular weight excluding hydrogens is 566 g/mol. The molecule has 0 heterocycles. The van der Waals surface area contributed by atoms with Crippen molar-refractivity contribution in [2.75, 3.05) is 0 Å². The fourth-order valence-corrected chi connectivity index (χ4v) is 3.77. The lowest BCUT2D eigenvalue weighted by molar-refractivity contribution is -0.255. The van der Waals surface area contributed by atoms with Crippen LogP contribution in [0.25, 0.3) is 0 Å². The molecule has 2 rings (SSSR count). The minimum Gasteiger partial charge on any atom is -0.545 e. The molecule has 26 heavy (non-hydrogen) atoms. The Morgan fingerprint density at radius 1 is 0.962 bits per heavy atom. The summed E-state index contributed by atoms with van der Waals surface area (Å²) in [5, 5.41) is 10.7. The van der Waals surface area contributed by atoms with Gasteiger partial charge >= 0.3 is 11.9 Å². The van der Waals surface area contributed by atoms with Crippen LogP contribution in [0.15, 0.2) is 48.6 Å². The zero-order valence-electron chi connectivity index (χ0n) is 13.4. The van der Waals surface area contributed by atoms with Crippen LogP contribution in [0.3, 0.4) is 0 Å². The Balaban J connectivity index is 2.20. The number of benzene rings is 2. The fraction of sp³-hybridized carbons (Fsp3) is 0.0556. The Bertz CT molecular complexity index is 879. The summed E-state index contributed by atoms with van der Waals surface area (Å²) in [5.41, 5.74) is 0.510. The van der Waals surface area contributed by atoms with Gasteiger partial charge in [0.25, 0.3) is 0 Å². The summed E-state index contributed by atoms with van der Waals surface area (Å²) in [4.78, 5) is 34.7. The van der Waals surface area contributed by atoms with E-state index in [1.807, 2.05) is 45.2 Å². The van der Waals surface area contributed by atoms with E-state index in [2.05, 4.69) is 6.58 Å². The summed E-state index contributed by atoms with van der Waals surface area (Å²) >= 11 is 3.91. The Morgan fingerprint density at radius 3 is 1.96 bits per heavy atom. The van der Waals surface area contributed by atoms with E-state index in [1.165, 1.54) is 36.4 Å². The molecule has 0 aliphatic rings. The van der Waals surface area contributed by atoms with E-state index in [0.717, 1.165) is 0 Å². The van der Waals surface area contributed by atoms with Gasteiger partial charge in [0.1, 0.15) is 5.75 Å². The highest BCUT2D eigenvalue weighted by Gasteiger charge is 2.17. The van der Waals surface area contributed by atoms with Crippen LogP contribution in [-0.2, 0) is 4.79 Å². The van der Waals surface area contributed by atoms with Gasteiger partial charge < -0.3 is 19.4 Å². The molecule has 0 spiro atoms. The van der Waals surface area contributed by atoms with Crippen molar-refractivity contribution >= 4 is 63.1 Å². The molecule has 0 fully saturated rings. The van der Waals surface area contributed by atoms with Gasteiger partial charge in [0.2, 0.25) is 0 Å². The summed E-state index contributed by atoms with van der Waals surface area (Å²) < 4.78 is 11.6. The van der Waals surface area contributed by atoms with Gasteiger partial charge in [-0.1, -0.05) is 6.58 Å². The molecule has 0 aliphatic heterocycles. The third-order valence-electron chi connectivity index (χ3n) is 3.08. The highest BCUT2D eigenvalue weighted by Crippen LogP contribution is 2.30. The quantitative estimate of drug-likeness (QED) is 0.235. The molecular formula is C18H11I2O6-. The van der Waals surface area contributed by atoms with E-state index >= 15 is 0 Å². The number of carboxylic acid groups (broad SMARTS) is 1. The topological polar surface area (TPSA) is 92.7 Å². The first-order valence-corrected chi connectivity index (χ1v) is 9.25. The van der Waals surface area contributed by atoms with Gasteiger partial charge in [0, 0.05) is 5.57 Å². The number of esters is 2. The Kier molecular flexibility index (Phi) is 6.75. The van der Waals surface area contributed by atoms with E-state index in [-0.39, 0.29) is 22.4 Å². The minimum absolute atomic E-state index is 0.0161. The SMILES string of the molecule is C=C(C)C(=O)Oc1c(I)cc(C(=O)Oc2ccc(C(=O)[O-])cc2)cc1I. The van der Waals surface area contributed by atoms with E-state index < -0.39 is 17.9 Å². The highest BCUT2D eigenvalue weighted by atomic mass is 127. The first kappa shape index (κ1) is 20.4. The summed E-state index contributed by atoms with van der Waals surface area (Å²) in [6, 6.07) is 8.35. The Labute approximate surface area is 176 Å². The second kappa shape index (κ2) is 8.62. The molecule has 0 atom stereocenters. The number of hydrogen-bond donors (Lipinski definition) is 0. The number of carbonyl (C=O) groups excluding carboxylic acids is 3. The molecule has 134 valence electrons. The average Bonchev–Trinajstić information content (AvgIpc) is 2.57. The molecule has 0 saturated heterocycles. The second-order valence-electron chi connectivity index (χ2n) is 5.14. The zero-order valence-corrected chi connectivity index (χ0v) is 17.7. The largest absolute Gasteiger partial charge is 0.545 e. The van der Waals surface area contributed by atoms with Crippen molar-refractivity contribution < 1.29 is 29.0 Å². The maximum atomic E-state index is 12.3. The number of ether oxygens (including phenoxy) is 2. The maximum Gasteiger partial charge on any atom is 0.343 e. The van der Waals surface area contributed by atoms with Gasteiger partial charge in [-0.05, 0) is 94.1 Å². The smallest absolute Gasteiger partial charge is 0.343 e. The second-order valence-corrected chi connectivity index (χ2v) is 7.46. The normalized spacial score (nSPS) is 10.1. The van der Waals surface area contributed by atoms with E-state index in [1.54, 1.807) is 6.92 Å². The molecule has 0 bridgehead atoms. The van der Waals surface area contributed by atoms with Crippen molar-refractivity contribution in [3.63, 3.8) is 0 Å². The fourth-order valence-electron chi connectivity index (χ4n) is 1.78. The number of aromatic carboxylic acids is 1. The lowest BCUT2D eigenvalue weighted by atomic mass is 10.2. The monoisotopic (exact) mass is 577 g/mol. The molecule has 6 nitrogen and oxygen atoms in total. The van der Waals surface area contributed by atoms with Gasteiger partial charge in [-0.25, -0.2) is 9.59 Å². The molecule has 0 aromatic heterocycles. The number of carbonyl (C=O) groups is 3. The van der Waals surface area contributed by atoms with Crippen molar-refractivity contribution in [3.05, 3.63) is 66.8 Å². The highest BCUT2D eigenvalue weighted by molar-refractivity contribution is 14.1. The lowest BCUT2D eigenvalue weighted by Gasteiger charge is -2.11. The maximum absolute atomic E-state index is 12.3. The lowest BCUT2D eigenvalue weighted by Crippen LogP contribution is -2.22. The van der Waals surface area contributed by atoms with Crippen molar-refractivity contribution in [2.45, 2.75) is 6.92 Å². The van der Waals surface area contributed by atoms with Gasteiger partial charge in [0.15, 0.2) is 5.75 Å². The predicted octanol–water partition coefficient (Wildman–Crippen LogP) is 2.96. The average molecular weight is 577 g/mol.